The molecule has 3 aromatic rings. The van der Waals surface area contributed by atoms with Crippen LogP contribution < -0.4 is 15.2 Å². The van der Waals surface area contributed by atoms with Gasteiger partial charge in [-0.25, -0.2) is 0 Å². The Labute approximate surface area is 155 Å². The Morgan fingerprint density at radius 3 is 1.77 bits per heavy atom. The van der Waals surface area contributed by atoms with Crippen LogP contribution in [0.5, 0.6) is 11.5 Å². The highest BCUT2D eigenvalue weighted by Crippen LogP contribution is 2.30. The first-order chi connectivity index (χ1) is 12.7. The average Bonchev–Trinajstić information content (AvgIpc) is 2.67. The molecule has 0 saturated heterocycles. The summed E-state index contributed by atoms with van der Waals surface area (Å²) in [7, 11) is 0. The summed E-state index contributed by atoms with van der Waals surface area (Å²) in [5, 5.41) is 0. The Morgan fingerprint density at radius 1 is 0.692 bits per heavy atom. The van der Waals surface area contributed by atoms with Crippen LogP contribution in [0, 0.1) is 0 Å². The fraction of sp³-hybridized carbons (Fsp3) is 0.217. The maximum atomic E-state index is 6.07. The molecule has 0 heterocycles. The van der Waals surface area contributed by atoms with Gasteiger partial charge >= 0.3 is 0 Å². The molecule has 0 unspecified atom stereocenters. The molecule has 26 heavy (non-hydrogen) atoms. The molecule has 3 rings (SSSR count). The standard InChI is InChI=1S/C23H25NO2/c1-18(24)14-21-12-13-22(25-16-19-8-4-2-5-9-19)23(15-21)26-17-20-10-6-3-7-11-20/h2-13,15,18H,14,16-17,24H2,1H3/t18-/m0/s1. The largest absolute Gasteiger partial charge is 0.485 e. The molecule has 0 spiro atoms. The molecule has 3 heteroatoms. The van der Waals surface area contributed by atoms with E-state index in [-0.39, 0.29) is 6.04 Å². The van der Waals surface area contributed by atoms with E-state index in [1.54, 1.807) is 0 Å². The van der Waals surface area contributed by atoms with Crippen molar-refractivity contribution < 1.29 is 9.47 Å². The maximum Gasteiger partial charge on any atom is 0.161 e. The SMILES string of the molecule is C[C@H](N)Cc1ccc(OCc2ccccc2)c(OCc2ccccc2)c1. The average molecular weight is 347 g/mol. The first kappa shape index (κ1) is 18.0. The number of hydrogen-bond donors (Lipinski definition) is 1. The first-order valence-corrected chi connectivity index (χ1v) is 8.92. The van der Waals surface area contributed by atoms with Gasteiger partial charge in [-0.2, -0.15) is 0 Å². The van der Waals surface area contributed by atoms with Gasteiger partial charge in [0.25, 0.3) is 0 Å². The van der Waals surface area contributed by atoms with Crippen molar-refractivity contribution in [3.63, 3.8) is 0 Å². The molecule has 0 aliphatic heterocycles. The van der Waals surface area contributed by atoms with E-state index < -0.39 is 0 Å². The first-order valence-electron chi connectivity index (χ1n) is 8.92. The predicted molar refractivity (Wildman–Crippen MR) is 105 cm³/mol. The summed E-state index contributed by atoms with van der Waals surface area (Å²) in [4.78, 5) is 0. The predicted octanol–water partition coefficient (Wildman–Crippen LogP) is 4.73. The molecule has 0 bridgehead atoms. The number of ether oxygens (including phenoxy) is 2. The molecular formula is C23H25NO2. The van der Waals surface area contributed by atoms with Crippen LogP contribution in [0.25, 0.3) is 0 Å². The molecular weight excluding hydrogens is 322 g/mol. The third-order valence-electron chi connectivity index (χ3n) is 4.04. The van der Waals surface area contributed by atoms with Gasteiger partial charge in [0.1, 0.15) is 13.2 Å². The summed E-state index contributed by atoms with van der Waals surface area (Å²) in [6, 6.07) is 26.4. The van der Waals surface area contributed by atoms with E-state index in [1.807, 2.05) is 55.5 Å². The van der Waals surface area contributed by atoms with Crippen molar-refractivity contribution in [2.75, 3.05) is 0 Å². The summed E-state index contributed by atoms with van der Waals surface area (Å²) in [6.45, 7) is 3.02. The summed E-state index contributed by atoms with van der Waals surface area (Å²) in [5.41, 5.74) is 9.34. The van der Waals surface area contributed by atoms with Crippen molar-refractivity contribution in [2.24, 2.45) is 5.73 Å². The molecule has 1 atom stereocenters. The minimum Gasteiger partial charge on any atom is -0.485 e. The van der Waals surface area contributed by atoms with Gasteiger partial charge < -0.3 is 15.2 Å². The van der Waals surface area contributed by atoms with E-state index in [4.69, 9.17) is 15.2 Å². The van der Waals surface area contributed by atoms with Crippen molar-refractivity contribution in [3.8, 4) is 11.5 Å². The van der Waals surface area contributed by atoms with Gasteiger partial charge in [0.15, 0.2) is 11.5 Å². The summed E-state index contributed by atoms with van der Waals surface area (Å²) >= 11 is 0. The summed E-state index contributed by atoms with van der Waals surface area (Å²) < 4.78 is 12.1. The van der Waals surface area contributed by atoms with Crippen molar-refractivity contribution in [1.29, 1.82) is 0 Å². The Kier molecular flexibility index (Phi) is 6.29. The zero-order valence-electron chi connectivity index (χ0n) is 15.1. The van der Waals surface area contributed by atoms with Gasteiger partial charge in [-0.1, -0.05) is 66.7 Å². The summed E-state index contributed by atoms with van der Waals surface area (Å²) in [5.74, 6) is 1.50. The van der Waals surface area contributed by atoms with Crippen molar-refractivity contribution in [1.82, 2.24) is 0 Å². The zero-order chi connectivity index (χ0) is 18.2. The molecule has 0 amide bonds. The van der Waals surface area contributed by atoms with Crippen molar-refractivity contribution in [2.45, 2.75) is 32.6 Å². The number of nitrogens with two attached hydrogens (primary N) is 1. The smallest absolute Gasteiger partial charge is 0.161 e. The molecule has 0 saturated carbocycles. The Hall–Kier alpha value is -2.78. The second kappa shape index (κ2) is 9.07. The van der Waals surface area contributed by atoms with Gasteiger partial charge in [0.2, 0.25) is 0 Å². The van der Waals surface area contributed by atoms with E-state index in [0.717, 1.165) is 34.6 Å². The quantitative estimate of drug-likeness (QED) is 0.640. The molecule has 134 valence electrons. The fourth-order valence-corrected chi connectivity index (χ4v) is 2.75. The number of benzene rings is 3. The monoisotopic (exact) mass is 347 g/mol. The van der Waals surface area contributed by atoms with Gasteiger partial charge in [0, 0.05) is 6.04 Å². The maximum absolute atomic E-state index is 6.07. The number of hydrogen-bond acceptors (Lipinski definition) is 3. The Balaban J connectivity index is 1.75. The minimum absolute atomic E-state index is 0.105. The van der Waals surface area contributed by atoms with Gasteiger partial charge in [0.05, 0.1) is 0 Å². The van der Waals surface area contributed by atoms with Gasteiger partial charge in [-0.3, -0.25) is 0 Å². The van der Waals surface area contributed by atoms with Gasteiger partial charge in [-0.05, 0) is 42.2 Å². The molecule has 0 aromatic heterocycles. The van der Waals surface area contributed by atoms with Crippen LogP contribution in [-0.4, -0.2) is 6.04 Å². The van der Waals surface area contributed by atoms with E-state index in [1.165, 1.54) is 0 Å². The van der Waals surface area contributed by atoms with Crippen molar-refractivity contribution >= 4 is 0 Å². The van der Waals surface area contributed by atoms with Crippen LogP contribution >= 0.6 is 0 Å². The highest BCUT2D eigenvalue weighted by atomic mass is 16.5. The molecule has 0 radical (unpaired) electrons. The highest BCUT2D eigenvalue weighted by molar-refractivity contribution is 5.43. The minimum atomic E-state index is 0.105. The normalized spacial score (nSPS) is 11.8. The van der Waals surface area contributed by atoms with Crippen LogP contribution in [0.1, 0.15) is 23.6 Å². The topological polar surface area (TPSA) is 44.5 Å². The third kappa shape index (κ3) is 5.36. The fourth-order valence-electron chi connectivity index (χ4n) is 2.75. The Bertz CT molecular complexity index is 801. The lowest BCUT2D eigenvalue weighted by molar-refractivity contribution is 0.255. The van der Waals surface area contributed by atoms with E-state index in [9.17, 15) is 0 Å². The van der Waals surface area contributed by atoms with E-state index in [2.05, 4.69) is 30.3 Å². The van der Waals surface area contributed by atoms with Gasteiger partial charge in [-0.15, -0.1) is 0 Å². The van der Waals surface area contributed by atoms with Crippen LogP contribution in [0.15, 0.2) is 78.9 Å². The second-order valence-electron chi connectivity index (χ2n) is 6.51. The van der Waals surface area contributed by atoms with Crippen LogP contribution in [0.3, 0.4) is 0 Å². The summed E-state index contributed by atoms with van der Waals surface area (Å²) in [6.07, 6.45) is 0.806. The lowest BCUT2D eigenvalue weighted by Gasteiger charge is -2.15. The Morgan fingerprint density at radius 2 is 1.23 bits per heavy atom. The highest BCUT2D eigenvalue weighted by Gasteiger charge is 2.09. The van der Waals surface area contributed by atoms with Crippen molar-refractivity contribution in [3.05, 3.63) is 95.6 Å². The third-order valence-corrected chi connectivity index (χ3v) is 4.04. The van der Waals surface area contributed by atoms with E-state index in [0.29, 0.717) is 13.2 Å². The molecule has 3 aromatic carbocycles. The lowest BCUT2D eigenvalue weighted by Crippen LogP contribution is -2.17. The van der Waals surface area contributed by atoms with Crippen LogP contribution in [-0.2, 0) is 19.6 Å². The number of rotatable bonds is 8. The lowest BCUT2D eigenvalue weighted by atomic mass is 10.1. The molecule has 2 N–H and O–H groups in total. The zero-order valence-corrected chi connectivity index (χ0v) is 15.1. The van der Waals surface area contributed by atoms with Crippen LogP contribution in [0.4, 0.5) is 0 Å². The molecule has 0 fully saturated rings. The molecule has 0 aliphatic carbocycles. The second-order valence-corrected chi connectivity index (χ2v) is 6.51. The van der Waals surface area contributed by atoms with Crippen LogP contribution in [0.2, 0.25) is 0 Å². The molecule has 0 aliphatic rings. The van der Waals surface area contributed by atoms with E-state index >= 15 is 0 Å². The molecule has 3 nitrogen and oxygen atoms in total.